The van der Waals surface area contributed by atoms with Crippen molar-refractivity contribution in [1.29, 1.82) is 0 Å². The zero-order valence-corrected chi connectivity index (χ0v) is 13.9. The highest BCUT2D eigenvalue weighted by Gasteiger charge is 2.20. The number of aliphatic carboxylic acids is 1. The third-order valence-corrected chi connectivity index (χ3v) is 4.20. The SMILES string of the molecule is C=CCCC(NC(=O)c1ccc(N2CCCCCC2)nc1)C(=O)O. The van der Waals surface area contributed by atoms with Gasteiger partial charge in [-0.25, -0.2) is 9.78 Å². The number of hydrogen-bond donors (Lipinski definition) is 2. The molecule has 6 nitrogen and oxygen atoms in total. The minimum absolute atomic E-state index is 0.323. The first-order valence-electron chi connectivity index (χ1n) is 8.47. The van der Waals surface area contributed by atoms with E-state index in [2.05, 4.69) is 21.8 Å². The van der Waals surface area contributed by atoms with Gasteiger partial charge in [0.15, 0.2) is 0 Å². The van der Waals surface area contributed by atoms with Crippen molar-refractivity contribution in [1.82, 2.24) is 10.3 Å². The highest BCUT2D eigenvalue weighted by Crippen LogP contribution is 2.17. The highest BCUT2D eigenvalue weighted by atomic mass is 16.4. The number of rotatable bonds is 7. The molecule has 1 aliphatic heterocycles. The van der Waals surface area contributed by atoms with E-state index in [-0.39, 0.29) is 0 Å². The predicted molar refractivity (Wildman–Crippen MR) is 93.2 cm³/mol. The van der Waals surface area contributed by atoms with E-state index in [4.69, 9.17) is 5.11 Å². The molecule has 2 rings (SSSR count). The Hall–Kier alpha value is -2.37. The second-order valence-electron chi connectivity index (χ2n) is 6.04. The van der Waals surface area contributed by atoms with E-state index >= 15 is 0 Å². The lowest BCUT2D eigenvalue weighted by Crippen LogP contribution is -2.40. The van der Waals surface area contributed by atoms with Gasteiger partial charge in [0.05, 0.1) is 5.56 Å². The van der Waals surface area contributed by atoms with Gasteiger partial charge < -0.3 is 15.3 Å². The fourth-order valence-electron chi connectivity index (χ4n) is 2.79. The van der Waals surface area contributed by atoms with E-state index in [1.54, 1.807) is 12.1 Å². The summed E-state index contributed by atoms with van der Waals surface area (Å²) in [5, 5.41) is 11.7. The summed E-state index contributed by atoms with van der Waals surface area (Å²) in [4.78, 5) is 30.0. The van der Waals surface area contributed by atoms with Crippen LogP contribution in [0.4, 0.5) is 5.82 Å². The van der Waals surface area contributed by atoms with Gasteiger partial charge in [-0.3, -0.25) is 4.79 Å². The Bertz CT molecular complexity index is 563. The van der Waals surface area contributed by atoms with Crippen molar-refractivity contribution in [3.05, 3.63) is 36.5 Å². The van der Waals surface area contributed by atoms with Crippen molar-refractivity contribution < 1.29 is 14.7 Å². The molecule has 6 heteroatoms. The minimum Gasteiger partial charge on any atom is -0.480 e. The molecule has 24 heavy (non-hydrogen) atoms. The number of pyridine rings is 1. The number of anilines is 1. The quantitative estimate of drug-likeness (QED) is 0.751. The second-order valence-corrected chi connectivity index (χ2v) is 6.04. The average Bonchev–Trinajstić information content (AvgIpc) is 2.87. The molecule has 1 aromatic heterocycles. The summed E-state index contributed by atoms with van der Waals surface area (Å²) in [6.45, 7) is 5.54. The number of aromatic nitrogens is 1. The van der Waals surface area contributed by atoms with Crippen LogP contribution in [0.2, 0.25) is 0 Å². The molecule has 2 N–H and O–H groups in total. The predicted octanol–water partition coefficient (Wildman–Crippen LogP) is 2.61. The lowest BCUT2D eigenvalue weighted by atomic mass is 10.1. The number of carbonyl (C=O) groups is 2. The van der Waals surface area contributed by atoms with Crippen molar-refractivity contribution in [2.24, 2.45) is 0 Å². The number of carbonyl (C=O) groups excluding carboxylic acids is 1. The van der Waals surface area contributed by atoms with E-state index < -0.39 is 17.9 Å². The Morgan fingerprint density at radius 2 is 2.00 bits per heavy atom. The summed E-state index contributed by atoms with van der Waals surface area (Å²) in [7, 11) is 0. The van der Waals surface area contributed by atoms with Gasteiger partial charge >= 0.3 is 5.97 Å². The lowest BCUT2D eigenvalue weighted by Gasteiger charge is -2.21. The summed E-state index contributed by atoms with van der Waals surface area (Å²) in [6.07, 6.45) is 8.83. The lowest BCUT2D eigenvalue weighted by molar-refractivity contribution is -0.139. The first-order valence-corrected chi connectivity index (χ1v) is 8.47. The van der Waals surface area contributed by atoms with Crippen LogP contribution in [0.3, 0.4) is 0 Å². The van der Waals surface area contributed by atoms with Gasteiger partial charge in [-0.1, -0.05) is 18.9 Å². The first-order chi connectivity index (χ1) is 11.6. The zero-order valence-electron chi connectivity index (χ0n) is 13.9. The number of allylic oxidation sites excluding steroid dienone is 1. The van der Waals surface area contributed by atoms with Gasteiger partial charge in [-0.05, 0) is 37.8 Å². The Morgan fingerprint density at radius 1 is 1.29 bits per heavy atom. The zero-order chi connectivity index (χ0) is 17.4. The van der Waals surface area contributed by atoms with Gasteiger partial charge in [0.1, 0.15) is 11.9 Å². The minimum atomic E-state index is -1.04. The van der Waals surface area contributed by atoms with E-state index in [1.165, 1.54) is 19.0 Å². The summed E-state index contributed by atoms with van der Waals surface area (Å²) >= 11 is 0. The van der Waals surface area contributed by atoms with E-state index in [0.717, 1.165) is 31.7 Å². The van der Waals surface area contributed by atoms with Gasteiger partial charge in [-0.15, -0.1) is 6.58 Å². The molecule has 0 radical (unpaired) electrons. The fourth-order valence-corrected chi connectivity index (χ4v) is 2.79. The summed E-state index contributed by atoms with van der Waals surface area (Å²) in [5.74, 6) is -0.587. The van der Waals surface area contributed by atoms with E-state index in [9.17, 15) is 9.59 Å². The molecule has 2 heterocycles. The first kappa shape index (κ1) is 18.0. The van der Waals surface area contributed by atoms with Crippen LogP contribution in [0.1, 0.15) is 48.9 Å². The monoisotopic (exact) mass is 331 g/mol. The van der Waals surface area contributed by atoms with Crippen molar-refractivity contribution >= 4 is 17.7 Å². The van der Waals surface area contributed by atoms with E-state index in [0.29, 0.717) is 18.4 Å². The van der Waals surface area contributed by atoms with Gasteiger partial charge in [0, 0.05) is 19.3 Å². The Labute approximate surface area is 142 Å². The summed E-state index contributed by atoms with van der Waals surface area (Å²) < 4.78 is 0. The van der Waals surface area contributed by atoms with Gasteiger partial charge in [-0.2, -0.15) is 0 Å². The molecule has 1 amide bonds. The number of nitrogens with zero attached hydrogens (tertiary/aromatic N) is 2. The average molecular weight is 331 g/mol. The molecule has 1 aromatic rings. The maximum Gasteiger partial charge on any atom is 0.326 e. The van der Waals surface area contributed by atoms with Crippen molar-refractivity contribution in [3.8, 4) is 0 Å². The largest absolute Gasteiger partial charge is 0.480 e. The Balaban J connectivity index is 1.99. The van der Waals surface area contributed by atoms with Crippen LogP contribution in [-0.2, 0) is 4.79 Å². The molecule has 0 saturated carbocycles. The van der Waals surface area contributed by atoms with Gasteiger partial charge in [0.2, 0.25) is 0 Å². The van der Waals surface area contributed by atoms with Crippen LogP contribution >= 0.6 is 0 Å². The van der Waals surface area contributed by atoms with Crippen molar-refractivity contribution in [3.63, 3.8) is 0 Å². The molecule has 1 unspecified atom stereocenters. The van der Waals surface area contributed by atoms with Crippen LogP contribution in [0.5, 0.6) is 0 Å². The van der Waals surface area contributed by atoms with Crippen LogP contribution < -0.4 is 10.2 Å². The normalized spacial score (nSPS) is 16.1. The molecule has 1 atom stereocenters. The molecule has 1 fully saturated rings. The summed E-state index contributed by atoms with van der Waals surface area (Å²) in [6, 6.07) is 2.62. The molecular formula is C18H25N3O3. The fraction of sp³-hybridized carbons (Fsp3) is 0.500. The smallest absolute Gasteiger partial charge is 0.326 e. The van der Waals surface area contributed by atoms with Crippen LogP contribution in [0.15, 0.2) is 31.0 Å². The molecule has 130 valence electrons. The molecule has 0 bridgehead atoms. The van der Waals surface area contributed by atoms with Crippen LogP contribution in [0, 0.1) is 0 Å². The number of amides is 1. The molecule has 0 aromatic carbocycles. The topological polar surface area (TPSA) is 82.5 Å². The van der Waals surface area contributed by atoms with E-state index in [1.807, 2.05) is 6.07 Å². The number of nitrogens with one attached hydrogen (secondary N) is 1. The number of hydrogen-bond acceptors (Lipinski definition) is 4. The molecule has 1 saturated heterocycles. The number of carboxylic acids is 1. The third-order valence-electron chi connectivity index (χ3n) is 4.20. The molecule has 0 spiro atoms. The van der Waals surface area contributed by atoms with Crippen molar-refractivity contribution in [2.45, 2.75) is 44.6 Å². The molecular weight excluding hydrogens is 306 g/mol. The summed E-state index contributed by atoms with van der Waals surface area (Å²) in [5.41, 5.74) is 0.374. The van der Waals surface area contributed by atoms with Crippen molar-refractivity contribution in [2.75, 3.05) is 18.0 Å². The Morgan fingerprint density at radius 3 is 2.54 bits per heavy atom. The second kappa shape index (κ2) is 9.05. The van der Waals surface area contributed by atoms with Gasteiger partial charge in [0.25, 0.3) is 5.91 Å². The third kappa shape index (κ3) is 5.08. The Kier molecular flexibility index (Phi) is 6.78. The highest BCUT2D eigenvalue weighted by molar-refractivity contribution is 5.96. The maximum atomic E-state index is 12.2. The number of carboxylic acid groups (broad SMARTS) is 1. The standard InChI is InChI=1S/C18H25N3O3/c1-2-3-8-15(18(23)24)20-17(22)14-9-10-16(19-13-14)21-11-6-4-5-7-12-21/h2,9-10,13,15H,1,3-8,11-12H2,(H,20,22)(H,23,24). The maximum absolute atomic E-state index is 12.2. The molecule has 0 aliphatic carbocycles. The molecule has 1 aliphatic rings. The van der Waals surface area contributed by atoms with Crippen LogP contribution in [0.25, 0.3) is 0 Å². The van der Waals surface area contributed by atoms with Crippen LogP contribution in [-0.4, -0.2) is 41.1 Å².